The third-order valence-electron chi connectivity index (χ3n) is 8.99. The van der Waals surface area contributed by atoms with Crippen LogP contribution in [0.15, 0.2) is 121 Å². The Balaban J connectivity index is 1.40. The summed E-state index contributed by atoms with van der Waals surface area (Å²) in [7, 11) is -3.98. The van der Waals surface area contributed by atoms with Crippen LogP contribution in [-0.2, 0) is 28.6 Å². The number of halogens is 1. The van der Waals surface area contributed by atoms with Crippen LogP contribution in [0.2, 0.25) is 5.02 Å². The van der Waals surface area contributed by atoms with Gasteiger partial charge in [0.15, 0.2) is 0 Å². The Bertz CT molecular complexity index is 2290. The molecule has 0 unspecified atom stereocenters. The van der Waals surface area contributed by atoms with E-state index in [0.717, 1.165) is 33.3 Å². The Kier molecular flexibility index (Phi) is 11.0. The van der Waals surface area contributed by atoms with Gasteiger partial charge < -0.3 is 14.4 Å². The number of nitrogens with one attached hydrogen (secondary N) is 1. The standard InChI is InChI=1S/C40H36ClN3O7S/c1-27-9-8-14-38(44(47)48)35(27)26-52(49,50)42-23-21-37-33(22-24-51-32-18-15-30(16-19-32)40(45)46)34-25-31(41)17-20-36(34)43(37)39(28-10-4-2-5-11-28)29-12-6-3-7-13-29/h2-20,25,39,42H,21-24,26H2,1H3,(H,45,46). The number of benzene rings is 5. The zero-order chi connectivity index (χ0) is 36.8. The van der Waals surface area contributed by atoms with Crippen molar-refractivity contribution < 1.29 is 28.0 Å². The zero-order valence-corrected chi connectivity index (χ0v) is 29.8. The number of nitrogens with zero attached hydrogens (tertiary/aromatic N) is 2. The fourth-order valence-electron chi connectivity index (χ4n) is 6.59. The molecule has 266 valence electrons. The van der Waals surface area contributed by atoms with Crippen molar-refractivity contribution in [2.75, 3.05) is 13.2 Å². The molecule has 0 atom stereocenters. The Labute approximate surface area is 306 Å². The maximum atomic E-state index is 13.5. The second-order valence-electron chi connectivity index (χ2n) is 12.3. The lowest BCUT2D eigenvalue weighted by atomic mass is 9.97. The van der Waals surface area contributed by atoms with E-state index in [9.17, 15) is 28.4 Å². The van der Waals surface area contributed by atoms with Gasteiger partial charge in [0.2, 0.25) is 10.0 Å². The average Bonchev–Trinajstić information content (AvgIpc) is 3.41. The van der Waals surface area contributed by atoms with E-state index >= 15 is 0 Å². The Morgan fingerprint density at radius 1 is 0.885 bits per heavy atom. The van der Waals surface area contributed by atoms with Gasteiger partial charge >= 0.3 is 5.97 Å². The number of carboxylic acids is 1. The number of hydrogen-bond acceptors (Lipinski definition) is 6. The fraction of sp³-hybridized carbons (Fsp3) is 0.175. The van der Waals surface area contributed by atoms with Crippen LogP contribution in [0.5, 0.6) is 5.75 Å². The maximum Gasteiger partial charge on any atom is 0.335 e. The van der Waals surface area contributed by atoms with Crippen LogP contribution in [0, 0.1) is 17.0 Å². The minimum Gasteiger partial charge on any atom is -0.493 e. The van der Waals surface area contributed by atoms with Crippen LogP contribution in [0.1, 0.15) is 49.9 Å². The summed E-state index contributed by atoms with van der Waals surface area (Å²) in [5.74, 6) is -1.05. The van der Waals surface area contributed by atoms with Gasteiger partial charge in [-0.2, -0.15) is 0 Å². The molecule has 0 aliphatic rings. The summed E-state index contributed by atoms with van der Waals surface area (Å²) in [5, 5.41) is 22.4. The van der Waals surface area contributed by atoms with Crippen molar-refractivity contribution in [2.45, 2.75) is 31.6 Å². The summed E-state index contributed by atoms with van der Waals surface area (Å²) >= 11 is 6.60. The number of carbonyl (C=O) groups is 1. The molecule has 0 bridgehead atoms. The van der Waals surface area contributed by atoms with E-state index in [2.05, 4.69) is 33.6 Å². The van der Waals surface area contributed by atoms with Gasteiger partial charge in [-0.25, -0.2) is 17.9 Å². The number of aromatic carboxylic acids is 1. The number of aromatic nitrogens is 1. The third kappa shape index (κ3) is 8.18. The number of nitro groups is 1. The number of aryl methyl sites for hydroxylation is 1. The molecule has 12 heteroatoms. The predicted molar refractivity (Wildman–Crippen MR) is 202 cm³/mol. The van der Waals surface area contributed by atoms with Gasteiger partial charge in [0.25, 0.3) is 5.69 Å². The molecule has 0 saturated carbocycles. The molecule has 0 aliphatic heterocycles. The van der Waals surface area contributed by atoms with Crippen LogP contribution >= 0.6 is 11.6 Å². The first-order chi connectivity index (χ1) is 25.0. The number of ether oxygens (including phenoxy) is 1. The molecular weight excluding hydrogens is 702 g/mol. The zero-order valence-electron chi connectivity index (χ0n) is 28.2. The second kappa shape index (κ2) is 15.8. The molecular formula is C40H36ClN3O7S. The molecule has 0 saturated heterocycles. The smallest absolute Gasteiger partial charge is 0.335 e. The normalized spacial score (nSPS) is 11.6. The van der Waals surface area contributed by atoms with E-state index in [0.29, 0.717) is 22.8 Å². The van der Waals surface area contributed by atoms with Gasteiger partial charge in [0, 0.05) is 52.6 Å². The average molecular weight is 738 g/mol. The molecule has 0 fully saturated rings. The van der Waals surface area contributed by atoms with Crippen molar-refractivity contribution in [3.05, 3.63) is 176 Å². The van der Waals surface area contributed by atoms with Gasteiger partial charge in [0.05, 0.1) is 28.9 Å². The largest absolute Gasteiger partial charge is 0.493 e. The predicted octanol–water partition coefficient (Wildman–Crippen LogP) is 8.13. The third-order valence-corrected chi connectivity index (χ3v) is 10.5. The maximum absolute atomic E-state index is 13.5. The van der Waals surface area contributed by atoms with Crippen molar-refractivity contribution in [2.24, 2.45) is 0 Å². The Morgan fingerprint density at radius 3 is 2.15 bits per heavy atom. The highest BCUT2D eigenvalue weighted by Crippen LogP contribution is 2.38. The molecule has 52 heavy (non-hydrogen) atoms. The van der Waals surface area contributed by atoms with Crippen LogP contribution < -0.4 is 9.46 Å². The SMILES string of the molecule is Cc1cccc([N+](=O)[O-])c1CS(=O)(=O)NCCc1c(CCOc2ccc(C(=O)O)cc2)c2cc(Cl)ccc2n1C(c1ccccc1)c1ccccc1. The van der Waals surface area contributed by atoms with E-state index < -0.39 is 26.7 Å². The molecule has 1 heterocycles. The lowest BCUT2D eigenvalue weighted by molar-refractivity contribution is -0.385. The number of sulfonamides is 1. The molecule has 1 aromatic heterocycles. The number of carboxylic acid groups (broad SMARTS) is 1. The van der Waals surface area contributed by atoms with Crippen LogP contribution in [0.4, 0.5) is 5.69 Å². The molecule has 10 nitrogen and oxygen atoms in total. The summed E-state index contributed by atoms with van der Waals surface area (Å²) in [5.41, 5.74) is 5.31. The van der Waals surface area contributed by atoms with Crippen LogP contribution in [0.3, 0.4) is 0 Å². The minimum absolute atomic E-state index is 0.0207. The molecule has 6 rings (SSSR count). The molecule has 2 N–H and O–H groups in total. The van der Waals surface area contributed by atoms with Gasteiger partial charge in [-0.15, -0.1) is 0 Å². The van der Waals surface area contributed by atoms with Gasteiger partial charge in [-0.3, -0.25) is 10.1 Å². The molecule has 0 radical (unpaired) electrons. The summed E-state index contributed by atoms with van der Waals surface area (Å²) in [4.78, 5) is 22.5. The van der Waals surface area contributed by atoms with E-state index in [1.807, 2.05) is 54.6 Å². The highest BCUT2D eigenvalue weighted by atomic mass is 35.5. The van der Waals surface area contributed by atoms with E-state index in [-0.39, 0.29) is 42.4 Å². The molecule has 0 amide bonds. The highest BCUT2D eigenvalue weighted by Gasteiger charge is 2.27. The molecule has 0 aliphatic carbocycles. The summed E-state index contributed by atoms with van der Waals surface area (Å²) < 4.78 is 37.9. The monoisotopic (exact) mass is 737 g/mol. The first-order valence-corrected chi connectivity index (χ1v) is 18.6. The summed E-state index contributed by atoms with van der Waals surface area (Å²) in [6.45, 7) is 1.92. The number of hydrogen-bond donors (Lipinski definition) is 2. The van der Waals surface area contributed by atoms with Crippen molar-refractivity contribution in [1.82, 2.24) is 9.29 Å². The number of nitro benzene ring substituents is 1. The minimum atomic E-state index is -3.98. The first kappa shape index (κ1) is 36.3. The lowest BCUT2D eigenvalue weighted by Gasteiger charge is -2.25. The van der Waals surface area contributed by atoms with E-state index in [1.165, 1.54) is 24.3 Å². The summed E-state index contributed by atoms with van der Waals surface area (Å²) in [6, 6.07) is 36.2. The second-order valence-corrected chi connectivity index (χ2v) is 14.6. The van der Waals surface area contributed by atoms with Crippen molar-refractivity contribution >= 4 is 44.2 Å². The molecule has 6 aromatic rings. The van der Waals surface area contributed by atoms with E-state index in [4.69, 9.17) is 16.3 Å². The van der Waals surface area contributed by atoms with Crippen LogP contribution in [0.25, 0.3) is 10.9 Å². The van der Waals surface area contributed by atoms with Crippen molar-refractivity contribution in [3.63, 3.8) is 0 Å². The first-order valence-electron chi connectivity index (χ1n) is 16.6. The van der Waals surface area contributed by atoms with Crippen LogP contribution in [-0.4, -0.2) is 42.1 Å². The molecule has 0 spiro atoms. The molecule has 5 aromatic carbocycles. The number of rotatable bonds is 15. The van der Waals surface area contributed by atoms with Gasteiger partial charge in [-0.1, -0.05) is 84.4 Å². The highest BCUT2D eigenvalue weighted by molar-refractivity contribution is 7.88. The Morgan fingerprint density at radius 2 is 1.54 bits per heavy atom. The van der Waals surface area contributed by atoms with E-state index in [1.54, 1.807) is 25.1 Å². The fourth-order valence-corrected chi connectivity index (χ4v) is 8.03. The van der Waals surface area contributed by atoms with Gasteiger partial charge in [-0.05, 0) is 71.6 Å². The number of fused-ring (bicyclic) bond motifs is 1. The quantitative estimate of drug-likeness (QED) is 0.0801. The van der Waals surface area contributed by atoms with Crippen molar-refractivity contribution in [3.8, 4) is 5.75 Å². The lowest BCUT2D eigenvalue weighted by Crippen LogP contribution is -2.29. The van der Waals surface area contributed by atoms with Crippen molar-refractivity contribution in [1.29, 1.82) is 0 Å². The summed E-state index contributed by atoms with van der Waals surface area (Å²) in [6.07, 6.45) is 0.707. The Hall–Kier alpha value is -5.49. The topological polar surface area (TPSA) is 141 Å². The van der Waals surface area contributed by atoms with Gasteiger partial charge in [0.1, 0.15) is 5.75 Å².